The van der Waals surface area contributed by atoms with Gasteiger partial charge in [-0.15, -0.1) is 0 Å². The maximum absolute atomic E-state index is 11.2. The Kier molecular flexibility index (Phi) is 1.81. The van der Waals surface area contributed by atoms with Crippen LogP contribution in [0.5, 0.6) is 5.75 Å². The van der Waals surface area contributed by atoms with Crippen molar-refractivity contribution < 1.29 is 5.11 Å². The first kappa shape index (κ1) is 8.81. The number of aromatic amines is 1. The topological polar surface area (TPSA) is 53.1 Å². The molecule has 0 saturated carbocycles. The van der Waals surface area contributed by atoms with Gasteiger partial charge in [0.25, 0.3) is 0 Å². The molecular weight excluding hydrogens is 178 g/mol. The van der Waals surface area contributed by atoms with E-state index in [-0.39, 0.29) is 11.3 Å². The molecule has 0 unspecified atom stereocenters. The molecule has 2 N–H and O–H groups in total. The standard InChI is InChI=1S/C11H11NO2/c1-6-5-10(14)12-11-7(2)9(13)4-3-8(6)11/h3-5,13H,1-2H3,(H,12,14). The van der Waals surface area contributed by atoms with E-state index >= 15 is 0 Å². The molecule has 0 spiro atoms. The lowest BCUT2D eigenvalue weighted by Crippen LogP contribution is -2.05. The van der Waals surface area contributed by atoms with Crippen molar-refractivity contribution in [3.8, 4) is 5.75 Å². The molecule has 1 aromatic carbocycles. The van der Waals surface area contributed by atoms with Gasteiger partial charge >= 0.3 is 0 Å². The number of hydrogen-bond donors (Lipinski definition) is 2. The smallest absolute Gasteiger partial charge is 0.248 e. The van der Waals surface area contributed by atoms with Crippen LogP contribution in [0.3, 0.4) is 0 Å². The molecule has 0 aliphatic rings. The van der Waals surface area contributed by atoms with Gasteiger partial charge < -0.3 is 10.1 Å². The molecule has 1 aromatic heterocycles. The van der Waals surface area contributed by atoms with Gasteiger partial charge in [0.05, 0.1) is 5.52 Å². The van der Waals surface area contributed by atoms with Crippen molar-refractivity contribution in [1.82, 2.24) is 4.98 Å². The second-order valence-corrected chi connectivity index (χ2v) is 3.45. The maximum atomic E-state index is 11.2. The predicted molar refractivity (Wildman–Crippen MR) is 55.7 cm³/mol. The summed E-state index contributed by atoms with van der Waals surface area (Å²) in [6.45, 7) is 3.67. The van der Waals surface area contributed by atoms with Gasteiger partial charge in [-0.25, -0.2) is 0 Å². The SMILES string of the molecule is Cc1cc(=O)[nH]c2c(C)c(O)ccc12. The van der Waals surface area contributed by atoms with Crippen molar-refractivity contribution in [1.29, 1.82) is 0 Å². The lowest BCUT2D eigenvalue weighted by atomic mass is 10.1. The second-order valence-electron chi connectivity index (χ2n) is 3.45. The molecule has 72 valence electrons. The van der Waals surface area contributed by atoms with Gasteiger partial charge in [-0.3, -0.25) is 4.79 Å². The molecule has 0 amide bonds. The van der Waals surface area contributed by atoms with E-state index in [0.717, 1.165) is 16.5 Å². The summed E-state index contributed by atoms with van der Waals surface area (Å²) in [5.41, 5.74) is 2.22. The van der Waals surface area contributed by atoms with Crippen LogP contribution in [0.1, 0.15) is 11.1 Å². The van der Waals surface area contributed by atoms with Gasteiger partial charge in [-0.1, -0.05) is 0 Å². The number of fused-ring (bicyclic) bond motifs is 1. The molecule has 2 rings (SSSR count). The van der Waals surface area contributed by atoms with Crippen molar-refractivity contribution >= 4 is 10.9 Å². The maximum Gasteiger partial charge on any atom is 0.248 e. The molecule has 14 heavy (non-hydrogen) atoms. The monoisotopic (exact) mass is 189 g/mol. The van der Waals surface area contributed by atoms with Crippen LogP contribution < -0.4 is 5.56 Å². The van der Waals surface area contributed by atoms with Crippen molar-refractivity contribution in [3.05, 3.63) is 39.7 Å². The molecule has 0 aliphatic heterocycles. The van der Waals surface area contributed by atoms with Crippen LogP contribution in [0.25, 0.3) is 10.9 Å². The zero-order valence-electron chi connectivity index (χ0n) is 8.09. The van der Waals surface area contributed by atoms with E-state index in [0.29, 0.717) is 5.56 Å². The lowest BCUT2D eigenvalue weighted by Gasteiger charge is -2.05. The van der Waals surface area contributed by atoms with Crippen LogP contribution >= 0.6 is 0 Å². The Bertz CT molecular complexity index is 555. The summed E-state index contributed by atoms with van der Waals surface area (Å²) >= 11 is 0. The highest BCUT2D eigenvalue weighted by atomic mass is 16.3. The summed E-state index contributed by atoms with van der Waals surface area (Å²) in [7, 11) is 0. The van der Waals surface area contributed by atoms with Crippen molar-refractivity contribution in [3.63, 3.8) is 0 Å². The number of hydrogen-bond acceptors (Lipinski definition) is 2. The third-order valence-corrected chi connectivity index (χ3v) is 2.46. The van der Waals surface area contributed by atoms with E-state index in [2.05, 4.69) is 4.98 Å². The molecule has 0 aliphatic carbocycles. The van der Waals surface area contributed by atoms with Gasteiger partial charge in [-0.05, 0) is 31.5 Å². The van der Waals surface area contributed by atoms with Crippen LogP contribution in [0.2, 0.25) is 0 Å². The number of nitrogens with one attached hydrogen (secondary N) is 1. The minimum Gasteiger partial charge on any atom is -0.508 e. The average Bonchev–Trinajstić information content (AvgIpc) is 2.12. The van der Waals surface area contributed by atoms with E-state index in [1.165, 1.54) is 0 Å². The van der Waals surface area contributed by atoms with Crippen LogP contribution in [0.4, 0.5) is 0 Å². The number of aromatic hydroxyl groups is 1. The first-order valence-electron chi connectivity index (χ1n) is 4.42. The second kappa shape index (κ2) is 2.87. The minimum atomic E-state index is -0.135. The fourth-order valence-corrected chi connectivity index (χ4v) is 1.62. The summed E-state index contributed by atoms with van der Waals surface area (Å²) in [5.74, 6) is 0.207. The van der Waals surface area contributed by atoms with Gasteiger partial charge in [0.2, 0.25) is 5.56 Å². The number of benzene rings is 1. The summed E-state index contributed by atoms with van der Waals surface area (Å²) in [6.07, 6.45) is 0. The minimum absolute atomic E-state index is 0.135. The largest absolute Gasteiger partial charge is 0.508 e. The third-order valence-electron chi connectivity index (χ3n) is 2.46. The van der Waals surface area contributed by atoms with E-state index in [1.54, 1.807) is 19.1 Å². The number of phenols is 1. The molecule has 0 radical (unpaired) electrons. The Morgan fingerprint density at radius 2 is 2.00 bits per heavy atom. The first-order valence-corrected chi connectivity index (χ1v) is 4.42. The highest BCUT2D eigenvalue weighted by molar-refractivity contribution is 5.86. The zero-order valence-corrected chi connectivity index (χ0v) is 8.09. The summed E-state index contributed by atoms with van der Waals surface area (Å²) < 4.78 is 0. The molecule has 3 heteroatoms. The highest BCUT2D eigenvalue weighted by Crippen LogP contribution is 2.25. The van der Waals surface area contributed by atoms with E-state index in [4.69, 9.17) is 0 Å². The number of pyridine rings is 1. The Balaban J connectivity index is 3.02. The van der Waals surface area contributed by atoms with Crippen molar-refractivity contribution in [2.45, 2.75) is 13.8 Å². The fourth-order valence-electron chi connectivity index (χ4n) is 1.62. The van der Waals surface area contributed by atoms with E-state index in [9.17, 15) is 9.90 Å². The van der Waals surface area contributed by atoms with Gasteiger partial charge in [0.15, 0.2) is 0 Å². The number of rotatable bonds is 0. The molecule has 0 saturated heterocycles. The van der Waals surface area contributed by atoms with Crippen LogP contribution in [0.15, 0.2) is 23.0 Å². The van der Waals surface area contributed by atoms with Crippen molar-refractivity contribution in [2.24, 2.45) is 0 Å². The third kappa shape index (κ3) is 1.18. The summed E-state index contributed by atoms with van der Waals surface area (Å²) in [5, 5.41) is 10.4. The van der Waals surface area contributed by atoms with Gasteiger partial charge in [0.1, 0.15) is 5.75 Å². The number of H-pyrrole nitrogens is 1. The molecule has 0 fully saturated rings. The van der Waals surface area contributed by atoms with Crippen LogP contribution in [0, 0.1) is 13.8 Å². The molecule has 2 aromatic rings. The Hall–Kier alpha value is -1.77. The van der Waals surface area contributed by atoms with Crippen LogP contribution in [-0.2, 0) is 0 Å². The fraction of sp³-hybridized carbons (Fsp3) is 0.182. The Labute approximate surface area is 81.0 Å². The van der Waals surface area contributed by atoms with E-state index < -0.39 is 0 Å². The molecule has 0 atom stereocenters. The number of aryl methyl sites for hydroxylation is 2. The van der Waals surface area contributed by atoms with Crippen molar-refractivity contribution in [2.75, 3.05) is 0 Å². The molecule has 3 nitrogen and oxygen atoms in total. The quantitative estimate of drug-likeness (QED) is 0.664. The first-order chi connectivity index (χ1) is 6.59. The molecular formula is C11H11NO2. The highest BCUT2D eigenvalue weighted by Gasteiger charge is 2.05. The van der Waals surface area contributed by atoms with Gasteiger partial charge in [0, 0.05) is 17.0 Å². The summed E-state index contributed by atoms with van der Waals surface area (Å²) in [4.78, 5) is 14.0. The normalized spacial score (nSPS) is 10.7. The molecule has 0 bridgehead atoms. The Morgan fingerprint density at radius 1 is 1.29 bits per heavy atom. The number of aromatic nitrogens is 1. The summed E-state index contributed by atoms with van der Waals surface area (Å²) in [6, 6.07) is 5.00. The van der Waals surface area contributed by atoms with Gasteiger partial charge in [-0.2, -0.15) is 0 Å². The molecule has 1 heterocycles. The Morgan fingerprint density at radius 3 is 2.71 bits per heavy atom. The average molecular weight is 189 g/mol. The van der Waals surface area contributed by atoms with E-state index in [1.807, 2.05) is 13.0 Å². The number of phenolic OH excluding ortho intramolecular Hbond substituents is 1. The predicted octanol–water partition coefficient (Wildman–Crippen LogP) is 1.85. The van der Waals surface area contributed by atoms with Crippen LogP contribution in [-0.4, -0.2) is 10.1 Å². The zero-order chi connectivity index (χ0) is 10.3. The lowest BCUT2D eigenvalue weighted by molar-refractivity contribution is 0.472.